The van der Waals surface area contributed by atoms with Gasteiger partial charge >= 0.3 is 11.9 Å². The maximum absolute atomic E-state index is 14.2. The van der Waals surface area contributed by atoms with Crippen molar-refractivity contribution in [3.05, 3.63) is 108 Å². The summed E-state index contributed by atoms with van der Waals surface area (Å²) >= 11 is 0. The predicted octanol–water partition coefficient (Wildman–Crippen LogP) is 5.69. The van der Waals surface area contributed by atoms with Crippen LogP contribution in [-0.2, 0) is 13.2 Å². The molecule has 0 aliphatic heterocycles. The Labute approximate surface area is 223 Å². The quantitative estimate of drug-likeness (QED) is 0.289. The average molecular weight is 538 g/mol. The molecule has 0 N–H and O–H groups in total. The number of benzene rings is 3. The predicted molar refractivity (Wildman–Crippen MR) is 144 cm³/mol. The molecule has 0 fully saturated rings. The summed E-state index contributed by atoms with van der Waals surface area (Å²) in [7, 11) is 1.57. The molecule has 3 aromatic carbocycles. The fourth-order valence-corrected chi connectivity index (χ4v) is 5.07. The maximum atomic E-state index is 14.2. The molecule has 0 amide bonds. The number of hydrogen-bond acceptors (Lipinski definition) is 5. The Morgan fingerprint density at radius 3 is 2.48 bits per heavy atom. The highest BCUT2D eigenvalue weighted by atomic mass is 19.4. The number of aryl methyl sites for hydroxylation is 1. The largest absolute Gasteiger partial charge is 0.418 e. The molecule has 40 heavy (non-hydrogen) atoms. The van der Waals surface area contributed by atoms with E-state index in [-0.39, 0.29) is 11.4 Å². The van der Waals surface area contributed by atoms with Gasteiger partial charge in [-0.25, -0.2) is 14.5 Å². The van der Waals surface area contributed by atoms with E-state index in [1.807, 2.05) is 48.5 Å². The number of pyridine rings is 2. The van der Waals surface area contributed by atoms with Gasteiger partial charge in [0.15, 0.2) is 0 Å². The zero-order valence-corrected chi connectivity index (χ0v) is 20.8. The van der Waals surface area contributed by atoms with Crippen LogP contribution < -0.4 is 5.69 Å². The average Bonchev–Trinajstić information content (AvgIpc) is 3.59. The first-order valence-corrected chi connectivity index (χ1v) is 12.2. The molecule has 4 heterocycles. The van der Waals surface area contributed by atoms with E-state index in [9.17, 15) is 18.0 Å². The van der Waals surface area contributed by atoms with Crippen LogP contribution in [0, 0.1) is 0 Å². The zero-order chi connectivity index (χ0) is 27.6. The van der Waals surface area contributed by atoms with Gasteiger partial charge in [0, 0.05) is 29.6 Å². The topological polar surface area (TPSA) is 83.4 Å². The molecule has 8 nitrogen and oxygen atoms in total. The van der Waals surface area contributed by atoms with Crippen molar-refractivity contribution in [1.29, 1.82) is 0 Å². The number of hydrogen-bond donors (Lipinski definition) is 0. The summed E-state index contributed by atoms with van der Waals surface area (Å²) in [5, 5.41) is 5.45. The second kappa shape index (κ2) is 8.60. The van der Waals surface area contributed by atoms with Crippen LogP contribution in [0.3, 0.4) is 0 Å². The molecule has 0 radical (unpaired) electrons. The van der Waals surface area contributed by atoms with Crippen molar-refractivity contribution in [2.45, 2.75) is 6.18 Å². The Kier molecular flexibility index (Phi) is 5.11. The van der Waals surface area contributed by atoms with Gasteiger partial charge in [-0.15, -0.1) is 0 Å². The number of nitrogens with zero attached hydrogens (tertiary/aromatic N) is 7. The highest BCUT2D eigenvalue weighted by Crippen LogP contribution is 2.36. The van der Waals surface area contributed by atoms with Gasteiger partial charge in [0.1, 0.15) is 12.7 Å². The number of para-hydroxylation sites is 1. The number of fused-ring (bicyclic) bond motifs is 4. The lowest BCUT2D eigenvalue weighted by molar-refractivity contribution is -0.137. The summed E-state index contributed by atoms with van der Waals surface area (Å²) in [4.78, 5) is 26.3. The molecule has 0 bridgehead atoms. The normalized spacial score (nSPS) is 12.1. The minimum absolute atomic E-state index is 0.0667. The van der Waals surface area contributed by atoms with Gasteiger partial charge in [0.2, 0.25) is 0 Å². The Morgan fingerprint density at radius 1 is 0.850 bits per heavy atom. The molecule has 7 rings (SSSR count). The zero-order valence-electron chi connectivity index (χ0n) is 20.8. The third-order valence-electron chi connectivity index (χ3n) is 7.02. The van der Waals surface area contributed by atoms with Gasteiger partial charge in [0.25, 0.3) is 0 Å². The minimum atomic E-state index is -4.70. The second-order valence-electron chi connectivity index (χ2n) is 9.36. The monoisotopic (exact) mass is 537 g/mol. The number of rotatable bonds is 3. The number of aromatic nitrogens is 7. The van der Waals surface area contributed by atoms with Crippen molar-refractivity contribution in [2.75, 3.05) is 0 Å². The summed E-state index contributed by atoms with van der Waals surface area (Å²) in [6, 6.07) is 19.1. The van der Waals surface area contributed by atoms with Crippen LogP contribution in [-0.4, -0.2) is 33.9 Å². The van der Waals surface area contributed by atoms with E-state index in [0.29, 0.717) is 21.9 Å². The summed E-state index contributed by atoms with van der Waals surface area (Å²) in [6.45, 7) is 0. The van der Waals surface area contributed by atoms with Crippen LogP contribution >= 0.6 is 0 Å². The third-order valence-corrected chi connectivity index (χ3v) is 7.02. The Hall–Kier alpha value is -5.32. The highest BCUT2D eigenvalue weighted by Gasteiger charge is 2.35. The lowest BCUT2D eigenvalue weighted by Gasteiger charge is -2.15. The number of alkyl halides is 3. The van der Waals surface area contributed by atoms with Crippen molar-refractivity contribution in [1.82, 2.24) is 33.9 Å². The second-order valence-corrected chi connectivity index (χ2v) is 9.36. The molecule has 0 unspecified atom stereocenters. The van der Waals surface area contributed by atoms with Gasteiger partial charge in [-0.2, -0.15) is 18.3 Å². The lowest BCUT2D eigenvalue weighted by atomic mass is 10.0. The molecule has 0 spiro atoms. The fraction of sp³-hybridized carbons (Fsp3) is 0.0690. The van der Waals surface area contributed by atoms with E-state index in [2.05, 4.69) is 20.1 Å². The standard InChI is InChI=1S/C29H18F3N7O/c1-37-26-14-35-24-8-6-17(19-10-18-4-2-3-5-23(18)34-13-19)11-21(24)27(26)39(28(37)40)20-7-9-25(38-16-33-15-36-38)22(12-20)29(30,31)32/h2-16H,1H3. The van der Waals surface area contributed by atoms with Crippen LogP contribution in [0.15, 0.2) is 96.6 Å². The molecule has 0 aliphatic rings. The Balaban J connectivity index is 1.49. The molecule has 4 aromatic heterocycles. The molecule has 0 aliphatic carbocycles. The maximum Gasteiger partial charge on any atom is 0.418 e. The van der Waals surface area contributed by atoms with Crippen molar-refractivity contribution in [3.63, 3.8) is 0 Å². The first kappa shape index (κ1) is 23.8. The van der Waals surface area contributed by atoms with Gasteiger partial charge in [0.05, 0.1) is 45.2 Å². The van der Waals surface area contributed by atoms with Gasteiger partial charge in [-0.1, -0.05) is 24.3 Å². The molecule has 7 aromatic rings. The molecular formula is C29H18F3N7O. The smallest absolute Gasteiger partial charge is 0.293 e. The van der Waals surface area contributed by atoms with Crippen LogP contribution in [0.25, 0.3) is 55.3 Å². The van der Waals surface area contributed by atoms with Gasteiger partial charge < -0.3 is 0 Å². The van der Waals surface area contributed by atoms with E-state index < -0.39 is 17.4 Å². The SMILES string of the molecule is Cn1c(=O)n(-c2ccc(-n3cncn3)c(C(F)(F)F)c2)c2c3cc(-c4cnc5ccccc5c4)ccc3ncc21. The first-order valence-electron chi connectivity index (χ1n) is 12.2. The summed E-state index contributed by atoms with van der Waals surface area (Å²) in [6.07, 6.45) is 0.974. The van der Waals surface area contributed by atoms with Crippen LogP contribution in [0.1, 0.15) is 5.56 Å². The van der Waals surface area contributed by atoms with Crippen LogP contribution in [0.2, 0.25) is 0 Å². The molecule has 0 atom stereocenters. The van der Waals surface area contributed by atoms with Gasteiger partial charge in [-0.3, -0.25) is 19.1 Å². The fourth-order valence-electron chi connectivity index (χ4n) is 5.07. The van der Waals surface area contributed by atoms with Crippen molar-refractivity contribution < 1.29 is 13.2 Å². The summed E-state index contributed by atoms with van der Waals surface area (Å²) < 4.78 is 46.3. The molecule has 196 valence electrons. The highest BCUT2D eigenvalue weighted by molar-refractivity contribution is 6.05. The summed E-state index contributed by atoms with van der Waals surface area (Å²) in [5.41, 5.74) is 2.53. The molecule has 0 saturated heterocycles. The molecule has 11 heteroatoms. The lowest BCUT2D eigenvalue weighted by Crippen LogP contribution is -2.21. The molecule has 0 saturated carbocycles. The number of halogens is 3. The van der Waals surface area contributed by atoms with Crippen LogP contribution in [0.5, 0.6) is 0 Å². The first-order chi connectivity index (χ1) is 19.3. The minimum Gasteiger partial charge on any atom is -0.293 e. The van der Waals surface area contributed by atoms with Crippen LogP contribution in [0.4, 0.5) is 13.2 Å². The van der Waals surface area contributed by atoms with E-state index in [1.165, 1.54) is 27.6 Å². The third kappa shape index (κ3) is 3.66. The number of imidazole rings is 1. The summed E-state index contributed by atoms with van der Waals surface area (Å²) in [5.74, 6) is 0. The van der Waals surface area contributed by atoms with E-state index in [0.717, 1.165) is 39.1 Å². The van der Waals surface area contributed by atoms with E-state index >= 15 is 0 Å². The Bertz CT molecular complexity index is 2140. The van der Waals surface area contributed by atoms with Crippen molar-refractivity contribution in [3.8, 4) is 22.5 Å². The van der Waals surface area contributed by atoms with Gasteiger partial charge in [-0.05, 0) is 48.0 Å². The molecular weight excluding hydrogens is 519 g/mol. The van der Waals surface area contributed by atoms with E-state index in [1.54, 1.807) is 19.4 Å². The van der Waals surface area contributed by atoms with Crippen molar-refractivity contribution >= 4 is 32.8 Å². The van der Waals surface area contributed by atoms with E-state index in [4.69, 9.17) is 0 Å². The Morgan fingerprint density at radius 2 is 1.68 bits per heavy atom. The van der Waals surface area contributed by atoms with Crippen molar-refractivity contribution in [2.24, 2.45) is 7.05 Å².